The van der Waals surface area contributed by atoms with Crippen LogP contribution in [0.25, 0.3) is 0 Å². The molecule has 23 heavy (non-hydrogen) atoms. The molecule has 0 spiro atoms. The molecule has 3 aliphatic rings. The number of hydrogen-bond acceptors (Lipinski definition) is 1. The first-order valence-corrected chi connectivity index (χ1v) is 9.16. The molecule has 124 valence electrons. The zero-order chi connectivity index (χ0) is 16.4. The molecule has 0 bridgehead atoms. The van der Waals surface area contributed by atoms with Crippen LogP contribution in [0.2, 0.25) is 5.02 Å². The number of anilines is 1. The number of amides is 1. The average Bonchev–Trinajstić information content (AvgIpc) is 3.27. The number of halogens is 4. The Morgan fingerprint density at radius 3 is 2.30 bits per heavy atom. The zero-order valence-corrected chi connectivity index (χ0v) is 14.6. The van der Waals surface area contributed by atoms with Crippen LogP contribution in [-0.4, -0.2) is 10.2 Å². The molecule has 0 heterocycles. The van der Waals surface area contributed by atoms with Gasteiger partial charge < -0.3 is 5.32 Å². The third kappa shape index (κ3) is 2.75. The lowest BCUT2D eigenvalue weighted by molar-refractivity contribution is -0.117. The zero-order valence-electron chi connectivity index (χ0n) is 12.4. The minimum absolute atomic E-state index is 0.0136. The third-order valence-corrected chi connectivity index (χ3v) is 7.24. The van der Waals surface area contributed by atoms with Gasteiger partial charge in [0.15, 0.2) is 0 Å². The minimum atomic E-state index is -0.532. The van der Waals surface area contributed by atoms with Crippen molar-refractivity contribution in [1.82, 2.24) is 0 Å². The highest BCUT2D eigenvalue weighted by Gasteiger charge is 2.65. The van der Waals surface area contributed by atoms with Gasteiger partial charge in [0.2, 0.25) is 5.91 Å². The molecule has 1 N–H and O–H groups in total. The van der Waals surface area contributed by atoms with E-state index in [1.807, 2.05) is 0 Å². The van der Waals surface area contributed by atoms with Crippen LogP contribution in [0.1, 0.15) is 25.7 Å². The van der Waals surface area contributed by atoms with Crippen molar-refractivity contribution in [3.63, 3.8) is 0 Å². The molecule has 1 aromatic rings. The Labute approximate surface area is 149 Å². The second-order valence-corrected chi connectivity index (χ2v) is 8.87. The summed E-state index contributed by atoms with van der Waals surface area (Å²) in [6, 6.07) is 4.34. The van der Waals surface area contributed by atoms with Gasteiger partial charge in [0.1, 0.15) is 10.2 Å². The van der Waals surface area contributed by atoms with Crippen molar-refractivity contribution in [3.05, 3.63) is 29.0 Å². The van der Waals surface area contributed by atoms with Crippen LogP contribution < -0.4 is 5.32 Å². The van der Waals surface area contributed by atoms with Gasteiger partial charge >= 0.3 is 0 Å². The summed E-state index contributed by atoms with van der Waals surface area (Å²) >= 11 is 18.2. The van der Waals surface area contributed by atoms with Gasteiger partial charge in [-0.2, -0.15) is 0 Å². The van der Waals surface area contributed by atoms with Gasteiger partial charge in [-0.3, -0.25) is 4.79 Å². The average molecular weight is 377 g/mol. The van der Waals surface area contributed by atoms with Crippen molar-refractivity contribution in [2.24, 2.45) is 29.6 Å². The Hall–Kier alpha value is -0.510. The molecule has 4 rings (SSSR count). The van der Waals surface area contributed by atoms with Crippen molar-refractivity contribution in [2.75, 3.05) is 5.32 Å². The van der Waals surface area contributed by atoms with Gasteiger partial charge in [0.25, 0.3) is 0 Å². The summed E-state index contributed by atoms with van der Waals surface area (Å²) in [6.45, 7) is 0. The lowest BCUT2D eigenvalue weighted by atomic mass is 10.0. The third-order valence-electron chi connectivity index (χ3n) is 5.81. The second kappa shape index (κ2) is 5.50. The van der Waals surface area contributed by atoms with E-state index in [1.165, 1.54) is 12.1 Å². The van der Waals surface area contributed by atoms with Crippen LogP contribution in [0, 0.1) is 35.4 Å². The Morgan fingerprint density at radius 1 is 1.13 bits per heavy atom. The first kappa shape index (κ1) is 16.0. The predicted octanol–water partition coefficient (Wildman–Crippen LogP) is 5.27. The highest BCUT2D eigenvalue weighted by atomic mass is 35.5. The lowest BCUT2D eigenvalue weighted by Gasteiger charge is -2.06. The van der Waals surface area contributed by atoms with E-state index >= 15 is 0 Å². The quantitative estimate of drug-likeness (QED) is 0.700. The molecule has 5 atom stereocenters. The molecular formula is C17H17Cl3FNO. The van der Waals surface area contributed by atoms with E-state index in [1.54, 1.807) is 6.07 Å². The Morgan fingerprint density at radius 2 is 1.74 bits per heavy atom. The Balaban J connectivity index is 1.38. The van der Waals surface area contributed by atoms with Crippen LogP contribution in [0.3, 0.4) is 0 Å². The van der Waals surface area contributed by atoms with Crippen molar-refractivity contribution in [1.29, 1.82) is 0 Å². The van der Waals surface area contributed by atoms with Crippen LogP contribution in [-0.2, 0) is 4.79 Å². The number of benzene rings is 1. The summed E-state index contributed by atoms with van der Waals surface area (Å²) in [6.07, 6.45) is 4.00. The molecule has 0 aliphatic heterocycles. The molecule has 1 amide bonds. The summed E-state index contributed by atoms with van der Waals surface area (Å²) in [5.41, 5.74) is 0.458. The largest absolute Gasteiger partial charge is 0.326 e. The maximum atomic E-state index is 13.5. The normalized spacial score (nSPS) is 37.0. The van der Waals surface area contributed by atoms with Crippen molar-refractivity contribution < 1.29 is 9.18 Å². The number of carbonyl (C=O) groups excluding carboxylic acids is 1. The van der Waals surface area contributed by atoms with E-state index < -0.39 is 10.2 Å². The highest BCUT2D eigenvalue weighted by molar-refractivity contribution is 6.51. The fourth-order valence-corrected chi connectivity index (χ4v) is 5.45. The van der Waals surface area contributed by atoms with Crippen molar-refractivity contribution in [3.8, 4) is 0 Å². The second-order valence-electron chi connectivity index (χ2n) is 7.01. The van der Waals surface area contributed by atoms with E-state index in [9.17, 15) is 9.18 Å². The Kier molecular flexibility index (Phi) is 3.82. The SMILES string of the molecule is O=C(Nc1ccc(Cl)c(F)c1)C1[C@H]2CC[C@@H]3[C@@H](CC[C@@H]12)C3(Cl)Cl. The first-order valence-electron chi connectivity index (χ1n) is 8.03. The maximum Gasteiger partial charge on any atom is 0.228 e. The topological polar surface area (TPSA) is 29.1 Å². The van der Waals surface area contributed by atoms with E-state index in [0.29, 0.717) is 29.4 Å². The summed E-state index contributed by atoms with van der Waals surface area (Å²) in [5.74, 6) is 1.11. The van der Waals surface area contributed by atoms with E-state index in [-0.39, 0.29) is 16.8 Å². The first-order chi connectivity index (χ1) is 10.9. The van der Waals surface area contributed by atoms with Gasteiger partial charge in [-0.15, -0.1) is 23.2 Å². The molecule has 6 heteroatoms. The molecule has 0 radical (unpaired) electrons. The summed E-state index contributed by atoms with van der Waals surface area (Å²) in [7, 11) is 0. The fraction of sp³-hybridized carbons (Fsp3) is 0.588. The molecule has 0 aromatic heterocycles. The molecule has 3 saturated carbocycles. The van der Waals surface area contributed by atoms with Crippen LogP contribution in [0.5, 0.6) is 0 Å². The van der Waals surface area contributed by atoms with Crippen LogP contribution >= 0.6 is 34.8 Å². The molecule has 0 saturated heterocycles. The maximum absolute atomic E-state index is 13.5. The predicted molar refractivity (Wildman–Crippen MR) is 90.4 cm³/mol. The number of alkyl halides is 2. The van der Waals surface area contributed by atoms with Gasteiger partial charge in [-0.05, 0) is 67.6 Å². The van der Waals surface area contributed by atoms with E-state index in [2.05, 4.69) is 5.32 Å². The molecule has 3 aliphatic carbocycles. The van der Waals surface area contributed by atoms with Crippen LogP contribution in [0.4, 0.5) is 10.1 Å². The van der Waals surface area contributed by atoms with Gasteiger partial charge in [-0.25, -0.2) is 4.39 Å². The lowest BCUT2D eigenvalue weighted by Crippen LogP contribution is -2.16. The van der Waals surface area contributed by atoms with E-state index in [0.717, 1.165) is 25.7 Å². The molecular weight excluding hydrogens is 360 g/mol. The number of carbonyl (C=O) groups is 1. The molecule has 1 unspecified atom stereocenters. The fourth-order valence-electron chi connectivity index (χ4n) is 4.41. The number of hydrogen-bond donors (Lipinski definition) is 1. The number of fused-ring (bicyclic) bond motifs is 2. The van der Waals surface area contributed by atoms with Crippen LogP contribution in [0.15, 0.2) is 18.2 Å². The Bertz CT molecular complexity index is 643. The van der Waals surface area contributed by atoms with Gasteiger partial charge in [-0.1, -0.05) is 11.6 Å². The summed E-state index contributed by atoms with van der Waals surface area (Å²) in [5, 5.41) is 2.87. The minimum Gasteiger partial charge on any atom is -0.326 e. The standard InChI is InChI=1S/C17H17Cl3FNO/c18-13-6-1-8(7-14(13)21)22-16(23)15-9-2-4-11-12(17(11,19)20)5-3-10(9)15/h1,6-7,9-12,15H,2-5H2,(H,22,23)/t9-,10+,11-,12-,15?/m1/s1. The summed E-state index contributed by atoms with van der Waals surface area (Å²) < 4.78 is 12.9. The molecule has 2 nitrogen and oxygen atoms in total. The monoisotopic (exact) mass is 375 g/mol. The summed E-state index contributed by atoms with van der Waals surface area (Å²) in [4.78, 5) is 12.5. The molecule has 3 fully saturated rings. The smallest absolute Gasteiger partial charge is 0.228 e. The van der Waals surface area contributed by atoms with Gasteiger partial charge in [0.05, 0.1) is 5.02 Å². The number of rotatable bonds is 2. The van der Waals surface area contributed by atoms with Crippen molar-refractivity contribution in [2.45, 2.75) is 30.0 Å². The van der Waals surface area contributed by atoms with Gasteiger partial charge in [0, 0.05) is 11.6 Å². The number of nitrogens with one attached hydrogen (secondary N) is 1. The highest BCUT2D eigenvalue weighted by Crippen LogP contribution is 2.67. The van der Waals surface area contributed by atoms with E-state index in [4.69, 9.17) is 34.8 Å². The molecule has 1 aromatic carbocycles. The van der Waals surface area contributed by atoms with Crippen molar-refractivity contribution >= 4 is 46.4 Å².